The number of H-pyrrole nitrogens is 2. The molecule has 2 rings (SSSR count). The second kappa shape index (κ2) is 2.52. The van der Waals surface area contributed by atoms with Crippen LogP contribution in [0.25, 0.3) is 11.0 Å². The SMILES string of the molecule is O=C(O)c1n[nH]c2c([N+](=O)O)n[nH]c12. The predicted molar refractivity (Wildman–Crippen MR) is 40.3 cm³/mol. The monoisotopic (exact) mass is 198 g/mol. The predicted octanol–water partition coefficient (Wildman–Crippen LogP) is -0.216. The molecule has 0 amide bonds. The van der Waals surface area contributed by atoms with E-state index in [1.165, 1.54) is 0 Å². The van der Waals surface area contributed by atoms with Crippen LogP contribution in [0.1, 0.15) is 10.5 Å². The van der Waals surface area contributed by atoms with Crippen molar-refractivity contribution in [1.29, 1.82) is 0 Å². The number of rotatable bonds is 2. The number of fused-ring (bicyclic) bond motifs is 1. The summed E-state index contributed by atoms with van der Waals surface area (Å²) in [7, 11) is 0. The fraction of sp³-hybridized carbons (Fsp3) is 0. The van der Waals surface area contributed by atoms with Gasteiger partial charge in [0.2, 0.25) is 0 Å². The first kappa shape index (κ1) is 8.16. The molecule has 4 N–H and O–H groups in total. The molecular formula is C5H4N5O4+. The number of carboxylic acid groups (broad SMARTS) is 1. The molecule has 9 heteroatoms. The summed E-state index contributed by atoms with van der Waals surface area (Å²) in [5.74, 6) is -1.62. The molecule has 0 aliphatic heterocycles. The fourth-order valence-electron chi connectivity index (χ4n) is 1.07. The van der Waals surface area contributed by atoms with Gasteiger partial charge in [0.05, 0.1) is 5.10 Å². The number of nitrogens with one attached hydrogen (secondary N) is 2. The Morgan fingerprint density at radius 2 is 1.93 bits per heavy atom. The quantitative estimate of drug-likeness (QED) is 0.492. The highest BCUT2D eigenvalue weighted by atomic mass is 16.6. The average molecular weight is 198 g/mol. The molecule has 0 saturated carbocycles. The molecule has 14 heavy (non-hydrogen) atoms. The van der Waals surface area contributed by atoms with Crippen molar-refractivity contribution in [1.82, 2.24) is 20.4 Å². The van der Waals surface area contributed by atoms with Gasteiger partial charge in [0, 0.05) is 0 Å². The fourth-order valence-corrected chi connectivity index (χ4v) is 1.07. The van der Waals surface area contributed by atoms with Gasteiger partial charge in [-0.15, -0.1) is 0 Å². The van der Waals surface area contributed by atoms with Crippen molar-refractivity contribution in [2.24, 2.45) is 0 Å². The van der Waals surface area contributed by atoms with Gasteiger partial charge in [0.25, 0.3) is 0 Å². The maximum atomic E-state index is 10.6. The lowest BCUT2D eigenvalue weighted by molar-refractivity contribution is -0.731. The molecule has 0 aliphatic carbocycles. The molecule has 2 heterocycles. The zero-order valence-corrected chi connectivity index (χ0v) is 6.55. The van der Waals surface area contributed by atoms with Crippen LogP contribution in [0.2, 0.25) is 0 Å². The average Bonchev–Trinajstić information content (AvgIpc) is 2.59. The third-order valence-corrected chi connectivity index (χ3v) is 1.65. The summed E-state index contributed by atoms with van der Waals surface area (Å²) in [6.07, 6.45) is 0. The van der Waals surface area contributed by atoms with Crippen LogP contribution in [0.3, 0.4) is 0 Å². The number of aromatic nitrogens is 4. The van der Waals surface area contributed by atoms with Crippen molar-refractivity contribution in [3.8, 4) is 0 Å². The third-order valence-electron chi connectivity index (χ3n) is 1.65. The lowest BCUT2D eigenvalue weighted by Gasteiger charge is -1.79. The third kappa shape index (κ3) is 0.920. The molecule has 2 aromatic heterocycles. The Morgan fingerprint density at radius 3 is 2.50 bits per heavy atom. The number of carboxylic acids is 1. The van der Waals surface area contributed by atoms with Crippen molar-refractivity contribution in [3.63, 3.8) is 0 Å². The smallest absolute Gasteiger partial charge is 0.459 e. The Balaban J connectivity index is 2.73. The summed E-state index contributed by atoms with van der Waals surface area (Å²) in [6.45, 7) is 0. The molecule has 2 aromatic rings. The van der Waals surface area contributed by atoms with E-state index < -0.39 is 10.9 Å². The van der Waals surface area contributed by atoms with E-state index in [1.54, 1.807) is 0 Å². The second-order valence-corrected chi connectivity index (χ2v) is 2.45. The largest absolute Gasteiger partial charge is 0.476 e. The molecule has 0 saturated heterocycles. The van der Waals surface area contributed by atoms with Gasteiger partial charge in [-0.2, -0.15) is 10.2 Å². The van der Waals surface area contributed by atoms with Crippen LogP contribution in [0.5, 0.6) is 0 Å². The van der Waals surface area contributed by atoms with Gasteiger partial charge in [-0.25, -0.2) is 4.79 Å². The van der Waals surface area contributed by atoms with E-state index in [2.05, 4.69) is 20.4 Å². The zero-order valence-electron chi connectivity index (χ0n) is 6.55. The first-order valence-electron chi connectivity index (χ1n) is 3.43. The van der Waals surface area contributed by atoms with Crippen LogP contribution >= 0.6 is 0 Å². The highest BCUT2D eigenvalue weighted by molar-refractivity contribution is 6.00. The molecule has 0 atom stereocenters. The topological polar surface area (TPSA) is 135 Å². The number of carbonyl (C=O) groups is 1. The number of aromatic carboxylic acids is 1. The minimum Gasteiger partial charge on any atom is -0.476 e. The van der Waals surface area contributed by atoms with Gasteiger partial charge in [-0.1, -0.05) is 0 Å². The lowest BCUT2D eigenvalue weighted by Crippen LogP contribution is -1.97. The van der Waals surface area contributed by atoms with E-state index in [4.69, 9.17) is 10.3 Å². The highest BCUT2D eigenvalue weighted by Gasteiger charge is 2.27. The van der Waals surface area contributed by atoms with Crippen LogP contribution in [0.4, 0.5) is 5.82 Å². The molecule has 0 aromatic carbocycles. The van der Waals surface area contributed by atoms with E-state index in [0.29, 0.717) is 0 Å². The normalized spacial score (nSPS) is 10.6. The Morgan fingerprint density at radius 1 is 1.29 bits per heavy atom. The van der Waals surface area contributed by atoms with Crippen LogP contribution in [0.15, 0.2) is 0 Å². The standard InChI is InChI=1S/C5H3N5O4/c11-5(12)3-1-2(7-8-3)4(9-6-1)10(13)14/h(H3-,6,7,8,9,11,12,13,14)/p+1. The number of hydrogen-bond acceptors (Lipinski definition) is 4. The Bertz CT molecular complexity index is 477. The van der Waals surface area contributed by atoms with E-state index in [-0.39, 0.29) is 22.5 Å². The van der Waals surface area contributed by atoms with E-state index in [0.717, 1.165) is 0 Å². The van der Waals surface area contributed by atoms with E-state index >= 15 is 0 Å². The first-order chi connectivity index (χ1) is 6.61. The minimum atomic E-state index is -1.26. The summed E-state index contributed by atoms with van der Waals surface area (Å²) >= 11 is 0. The molecule has 0 radical (unpaired) electrons. The molecule has 0 bridgehead atoms. The van der Waals surface area contributed by atoms with Crippen molar-refractivity contribution < 1.29 is 20.0 Å². The van der Waals surface area contributed by atoms with Gasteiger partial charge in [-0.05, 0) is 4.91 Å². The number of aromatic amines is 2. The molecule has 0 unspecified atom stereocenters. The van der Waals surface area contributed by atoms with Crippen LogP contribution in [-0.2, 0) is 0 Å². The molecule has 0 spiro atoms. The van der Waals surface area contributed by atoms with Crippen molar-refractivity contribution in [3.05, 3.63) is 10.6 Å². The van der Waals surface area contributed by atoms with Crippen LogP contribution in [-0.4, -0.2) is 41.6 Å². The maximum Gasteiger partial charge on any atom is 0.459 e. The molecule has 9 nitrogen and oxygen atoms in total. The van der Waals surface area contributed by atoms with Gasteiger partial charge in [0.15, 0.2) is 16.1 Å². The zero-order chi connectivity index (χ0) is 10.3. The first-order valence-corrected chi connectivity index (χ1v) is 3.43. The summed E-state index contributed by atoms with van der Waals surface area (Å²) < 4.78 is 0. The van der Waals surface area contributed by atoms with Gasteiger partial charge in [-0.3, -0.25) is 5.10 Å². The Labute approximate surface area is 74.9 Å². The number of nitrogens with zero attached hydrogens (tertiary/aromatic N) is 3. The molecule has 72 valence electrons. The van der Waals surface area contributed by atoms with Crippen molar-refractivity contribution in [2.75, 3.05) is 0 Å². The summed E-state index contributed by atoms with van der Waals surface area (Å²) in [6, 6.07) is 0. The Kier molecular flexibility index (Phi) is 1.47. The summed E-state index contributed by atoms with van der Waals surface area (Å²) in [5, 5.41) is 28.6. The molecular weight excluding hydrogens is 194 g/mol. The lowest BCUT2D eigenvalue weighted by atomic mass is 10.3. The van der Waals surface area contributed by atoms with Crippen LogP contribution < -0.4 is 0 Å². The van der Waals surface area contributed by atoms with Crippen molar-refractivity contribution >= 4 is 22.8 Å². The van der Waals surface area contributed by atoms with Gasteiger partial charge < -0.3 is 10.3 Å². The van der Waals surface area contributed by atoms with Gasteiger partial charge in [0.1, 0.15) is 5.52 Å². The Hall–Kier alpha value is -2.45. The molecule has 0 fully saturated rings. The van der Waals surface area contributed by atoms with Gasteiger partial charge >= 0.3 is 11.8 Å². The highest BCUT2D eigenvalue weighted by Crippen LogP contribution is 2.21. The summed E-state index contributed by atoms with van der Waals surface area (Å²) in [5.41, 5.74) is -0.192. The number of hydrogen-bond donors (Lipinski definition) is 4. The van der Waals surface area contributed by atoms with E-state index in [1.807, 2.05) is 0 Å². The maximum absolute atomic E-state index is 10.6. The van der Waals surface area contributed by atoms with Crippen molar-refractivity contribution in [2.45, 2.75) is 0 Å². The van der Waals surface area contributed by atoms with Crippen LogP contribution in [0, 0.1) is 4.91 Å². The summed E-state index contributed by atoms with van der Waals surface area (Å²) in [4.78, 5) is 20.6. The van der Waals surface area contributed by atoms with E-state index in [9.17, 15) is 9.70 Å². The minimum absolute atomic E-state index is 0.0416. The molecule has 0 aliphatic rings. The second-order valence-electron chi connectivity index (χ2n) is 2.45.